The van der Waals surface area contributed by atoms with E-state index in [1.54, 1.807) is 0 Å². The van der Waals surface area contributed by atoms with E-state index in [2.05, 4.69) is 13.2 Å². The first kappa shape index (κ1) is 8.49. The lowest BCUT2D eigenvalue weighted by Crippen LogP contribution is -2.45. The van der Waals surface area contributed by atoms with Crippen molar-refractivity contribution in [3.05, 3.63) is 24.1 Å². The third-order valence-corrected chi connectivity index (χ3v) is 3.59. The van der Waals surface area contributed by atoms with E-state index in [0.717, 1.165) is 11.0 Å². The molecule has 3 nitrogen and oxygen atoms in total. The molecule has 1 saturated carbocycles. The molecule has 1 rings (SSSR count). The first-order chi connectivity index (χ1) is 4.91. The van der Waals surface area contributed by atoms with Crippen LogP contribution in [0.3, 0.4) is 0 Å². The Morgan fingerprint density at radius 3 is 2.27 bits per heavy atom. The van der Waals surface area contributed by atoms with Crippen molar-refractivity contribution in [3.8, 4) is 0 Å². The number of rotatable bonds is 2. The highest BCUT2D eigenvalue weighted by atomic mass is 32.2. The van der Waals surface area contributed by atoms with Crippen LogP contribution in [0.1, 0.15) is 12.8 Å². The molecule has 0 aromatic heterocycles. The van der Waals surface area contributed by atoms with E-state index in [4.69, 9.17) is 0 Å². The molecule has 0 saturated heterocycles. The highest BCUT2D eigenvalue weighted by Gasteiger charge is 2.47. The predicted octanol–water partition coefficient (Wildman–Crippen LogP) is 0.583. The van der Waals surface area contributed by atoms with Crippen molar-refractivity contribution < 1.29 is 13.5 Å². The van der Waals surface area contributed by atoms with E-state index in [1.165, 1.54) is 0 Å². The zero-order valence-electron chi connectivity index (χ0n) is 6.08. The van der Waals surface area contributed by atoms with Crippen LogP contribution in [0.4, 0.5) is 0 Å². The van der Waals surface area contributed by atoms with Gasteiger partial charge in [0.2, 0.25) is 9.84 Å². The van der Waals surface area contributed by atoms with Crippen molar-refractivity contribution in [2.75, 3.05) is 0 Å². The molecule has 0 aromatic carbocycles. The van der Waals surface area contributed by atoms with Crippen LogP contribution in [-0.4, -0.2) is 18.5 Å². The van der Waals surface area contributed by atoms with Gasteiger partial charge in [0.15, 0.2) is 4.93 Å². The predicted molar refractivity (Wildman–Crippen MR) is 42.4 cm³/mol. The fourth-order valence-corrected chi connectivity index (χ4v) is 2.21. The van der Waals surface area contributed by atoms with Gasteiger partial charge >= 0.3 is 0 Å². The molecule has 0 radical (unpaired) electrons. The second-order valence-corrected chi connectivity index (χ2v) is 4.94. The SMILES string of the molecule is C=CS(=O)(=O)C1(O)CC(=C)C1. The Labute approximate surface area is 66.0 Å². The maximum Gasteiger partial charge on any atom is 0.201 e. The van der Waals surface area contributed by atoms with Crippen LogP contribution in [0.5, 0.6) is 0 Å². The topological polar surface area (TPSA) is 54.4 Å². The molecule has 0 aliphatic heterocycles. The second-order valence-electron chi connectivity index (χ2n) is 2.76. The molecule has 0 atom stereocenters. The molecule has 0 spiro atoms. The van der Waals surface area contributed by atoms with E-state index in [-0.39, 0.29) is 12.8 Å². The summed E-state index contributed by atoms with van der Waals surface area (Å²) in [5, 5.41) is 10.2. The van der Waals surface area contributed by atoms with Gasteiger partial charge in [0.1, 0.15) is 0 Å². The Morgan fingerprint density at radius 2 is 2.00 bits per heavy atom. The van der Waals surface area contributed by atoms with E-state index in [9.17, 15) is 13.5 Å². The van der Waals surface area contributed by atoms with Crippen LogP contribution in [0.25, 0.3) is 0 Å². The molecule has 0 heterocycles. The Morgan fingerprint density at radius 1 is 1.55 bits per heavy atom. The molecule has 11 heavy (non-hydrogen) atoms. The Hall–Kier alpha value is -0.610. The summed E-state index contributed by atoms with van der Waals surface area (Å²) in [6.45, 7) is 6.67. The van der Waals surface area contributed by atoms with Crippen molar-refractivity contribution >= 4 is 9.84 Å². The van der Waals surface area contributed by atoms with Crippen molar-refractivity contribution in [1.82, 2.24) is 0 Å². The van der Waals surface area contributed by atoms with Crippen LogP contribution < -0.4 is 0 Å². The van der Waals surface area contributed by atoms with Gasteiger partial charge in [-0.2, -0.15) is 0 Å². The first-order valence-corrected chi connectivity index (χ1v) is 4.72. The Balaban J connectivity index is 2.93. The molecule has 4 heteroatoms. The fraction of sp³-hybridized carbons (Fsp3) is 0.429. The fourth-order valence-electron chi connectivity index (χ4n) is 1.09. The first-order valence-electron chi connectivity index (χ1n) is 3.17. The molecule has 0 unspecified atom stereocenters. The van der Waals surface area contributed by atoms with E-state index >= 15 is 0 Å². The average Bonchev–Trinajstić information content (AvgIpc) is 1.85. The zero-order valence-corrected chi connectivity index (χ0v) is 6.89. The van der Waals surface area contributed by atoms with E-state index in [1.807, 2.05) is 0 Å². The highest BCUT2D eigenvalue weighted by molar-refractivity contribution is 7.95. The Kier molecular flexibility index (Phi) is 1.69. The molecular weight excluding hydrogens is 164 g/mol. The molecule has 1 N–H and O–H groups in total. The molecular formula is C7H10O3S. The minimum atomic E-state index is -3.54. The third-order valence-electron chi connectivity index (χ3n) is 1.80. The molecule has 62 valence electrons. The van der Waals surface area contributed by atoms with Crippen LogP contribution in [0, 0.1) is 0 Å². The maximum atomic E-state index is 11.0. The van der Waals surface area contributed by atoms with Crippen molar-refractivity contribution in [1.29, 1.82) is 0 Å². The van der Waals surface area contributed by atoms with Gasteiger partial charge in [-0.3, -0.25) is 0 Å². The monoisotopic (exact) mass is 174 g/mol. The molecule has 1 fully saturated rings. The van der Waals surface area contributed by atoms with Gasteiger partial charge in [0.05, 0.1) is 0 Å². The lowest BCUT2D eigenvalue weighted by Gasteiger charge is -2.36. The summed E-state index contributed by atoms with van der Waals surface area (Å²) in [6.07, 6.45) is 0.280. The molecule has 0 amide bonds. The maximum absolute atomic E-state index is 11.0. The lowest BCUT2D eigenvalue weighted by molar-refractivity contribution is 0.0875. The molecule has 1 aliphatic rings. The lowest BCUT2D eigenvalue weighted by atomic mass is 9.90. The minimum Gasteiger partial charge on any atom is -0.373 e. The number of aliphatic hydroxyl groups is 1. The van der Waals surface area contributed by atoms with Gasteiger partial charge in [0, 0.05) is 18.2 Å². The largest absolute Gasteiger partial charge is 0.373 e. The minimum absolute atomic E-state index is 0.140. The van der Waals surface area contributed by atoms with Gasteiger partial charge in [-0.05, 0) is 0 Å². The van der Waals surface area contributed by atoms with Gasteiger partial charge < -0.3 is 5.11 Å². The van der Waals surface area contributed by atoms with Crippen molar-refractivity contribution in [3.63, 3.8) is 0 Å². The van der Waals surface area contributed by atoms with Crippen molar-refractivity contribution in [2.24, 2.45) is 0 Å². The summed E-state index contributed by atoms with van der Waals surface area (Å²) in [4.78, 5) is -1.61. The van der Waals surface area contributed by atoms with Crippen molar-refractivity contribution in [2.45, 2.75) is 17.8 Å². The van der Waals surface area contributed by atoms with Crippen LogP contribution in [0.2, 0.25) is 0 Å². The summed E-state index contributed by atoms with van der Waals surface area (Å²) in [5.41, 5.74) is 0.762. The van der Waals surface area contributed by atoms with Gasteiger partial charge in [-0.15, -0.1) is 0 Å². The summed E-state index contributed by atoms with van der Waals surface area (Å²) in [7, 11) is -3.54. The third kappa shape index (κ3) is 1.12. The van der Waals surface area contributed by atoms with Gasteiger partial charge in [-0.1, -0.05) is 18.7 Å². The number of hydrogen-bond donors (Lipinski definition) is 1. The Bertz CT molecular complexity index is 292. The quantitative estimate of drug-likeness (QED) is 0.623. The normalized spacial score (nSPS) is 22.5. The molecule has 1 aliphatic carbocycles. The number of sulfone groups is 1. The zero-order chi connectivity index (χ0) is 8.70. The summed E-state index contributed by atoms with van der Waals surface area (Å²) in [5.74, 6) is 0. The van der Waals surface area contributed by atoms with Gasteiger partial charge in [-0.25, -0.2) is 8.42 Å². The van der Waals surface area contributed by atoms with Crippen LogP contribution in [0.15, 0.2) is 24.1 Å². The number of hydrogen-bond acceptors (Lipinski definition) is 3. The summed E-state index contributed by atoms with van der Waals surface area (Å²) in [6, 6.07) is 0. The van der Waals surface area contributed by atoms with E-state index in [0.29, 0.717) is 0 Å². The summed E-state index contributed by atoms with van der Waals surface area (Å²) < 4.78 is 22.1. The van der Waals surface area contributed by atoms with Crippen LogP contribution >= 0.6 is 0 Å². The summed E-state index contributed by atoms with van der Waals surface area (Å²) >= 11 is 0. The standard InChI is InChI=1S/C7H10O3S/c1-3-11(9,10)7(8)4-6(2)5-7/h3,8H,1-2,4-5H2. The smallest absolute Gasteiger partial charge is 0.201 e. The molecule has 0 bridgehead atoms. The highest BCUT2D eigenvalue weighted by Crippen LogP contribution is 2.40. The average molecular weight is 174 g/mol. The van der Waals surface area contributed by atoms with Crippen LogP contribution in [-0.2, 0) is 9.84 Å². The van der Waals surface area contributed by atoms with E-state index < -0.39 is 14.8 Å². The molecule has 0 aromatic rings. The second kappa shape index (κ2) is 2.19. The van der Waals surface area contributed by atoms with Gasteiger partial charge in [0.25, 0.3) is 0 Å².